The number of H-pyrrole nitrogens is 1. The van der Waals surface area contributed by atoms with E-state index in [0.29, 0.717) is 0 Å². The van der Waals surface area contributed by atoms with Crippen molar-refractivity contribution in [2.24, 2.45) is 0 Å². The van der Waals surface area contributed by atoms with E-state index in [1.54, 1.807) is 0 Å². The highest BCUT2D eigenvalue weighted by molar-refractivity contribution is 5.77. The van der Waals surface area contributed by atoms with Gasteiger partial charge < -0.3 is 0 Å². The Bertz CT molecular complexity index is 591. The highest BCUT2D eigenvalue weighted by atomic mass is 15.3. The molecule has 1 aromatic carbocycles. The Morgan fingerprint density at radius 2 is 1.37 bits per heavy atom. The number of nitrogens with one attached hydrogen (secondary N) is 1. The average molecular weight is 373 g/mol. The normalized spacial score (nSPS) is 11.7. The Hall–Kier alpha value is -1.42. The molecule has 1 N–H and O–H groups in total. The fourth-order valence-electron chi connectivity index (χ4n) is 3.80. The maximum atomic E-state index is 4.30. The Morgan fingerprint density at radius 1 is 0.778 bits per heavy atom. The van der Waals surface area contributed by atoms with Crippen molar-refractivity contribution in [1.82, 2.24) is 20.3 Å². The van der Waals surface area contributed by atoms with Crippen LogP contribution in [0.3, 0.4) is 0 Å². The van der Waals surface area contributed by atoms with E-state index >= 15 is 0 Å². The lowest BCUT2D eigenvalue weighted by atomic mass is 10.1. The van der Waals surface area contributed by atoms with Gasteiger partial charge in [-0.05, 0) is 37.6 Å². The summed E-state index contributed by atoms with van der Waals surface area (Å²) in [6.45, 7) is 7.97. The van der Waals surface area contributed by atoms with Gasteiger partial charge in [0.15, 0.2) is 0 Å². The number of hydrogen-bond acceptors (Lipinski definition) is 3. The van der Waals surface area contributed by atoms with Crippen LogP contribution in [-0.4, -0.2) is 33.4 Å². The Morgan fingerprint density at radius 3 is 2.00 bits per heavy atom. The Labute approximate surface area is 166 Å². The number of aromatic amines is 1. The number of hydrogen-bond donors (Lipinski definition) is 1. The van der Waals surface area contributed by atoms with Crippen molar-refractivity contribution in [2.45, 2.75) is 97.4 Å². The summed E-state index contributed by atoms with van der Waals surface area (Å²) in [7, 11) is 0. The summed E-state index contributed by atoms with van der Waals surface area (Å²) in [6.07, 6.45) is 16.3. The van der Waals surface area contributed by atoms with Gasteiger partial charge in [0.1, 0.15) is 5.52 Å². The third-order valence-electron chi connectivity index (χ3n) is 5.49. The zero-order chi connectivity index (χ0) is 19.2. The van der Waals surface area contributed by atoms with Crippen LogP contribution >= 0.6 is 0 Å². The van der Waals surface area contributed by atoms with Crippen LogP contribution in [0.1, 0.15) is 96.5 Å². The fraction of sp³-hybridized carbons (Fsp3) is 0.739. The second kappa shape index (κ2) is 13.7. The first-order chi connectivity index (χ1) is 13.3. The van der Waals surface area contributed by atoms with Crippen molar-refractivity contribution in [2.75, 3.05) is 13.1 Å². The minimum Gasteiger partial charge on any atom is -0.299 e. The SMILES string of the molecule is CCCCCCCCN(CCCCCCCC)Cc1cccc2[nH]nnc12. The van der Waals surface area contributed by atoms with Crippen molar-refractivity contribution in [3.63, 3.8) is 0 Å². The standard InChI is InChI=1S/C23H40N4/c1-3-5-7-9-11-13-18-27(19-14-12-10-8-6-4-2)20-21-16-15-17-22-23(21)25-26-24-22/h15-17H,3-14,18-20H2,1-2H3,(H,24,25,26). The van der Waals surface area contributed by atoms with Crippen molar-refractivity contribution < 1.29 is 0 Å². The van der Waals surface area contributed by atoms with E-state index in [1.807, 2.05) is 0 Å². The van der Waals surface area contributed by atoms with Crippen LogP contribution in [0.5, 0.6) is 0 Å². The van der Waals surface area contributed by atoms with Gasteiger partial charge in [-0.3, -0.25) is 10.00 Å². The van der Waals surface area contributed by atoms with Gasteiger partial charge in [0, 0.05) is 6.54 Å². The molecule has 0 unspecified atom stereocenters. The first-order valence-corrected chi connectivity index (χ1v) is 11.4. The first-order valence-electron chi connectivity index (χ1n) is 11.4. The zero-order valence-corrected chi connectivity index (χ0v) is 17.7. The molecule has 27 heavy (non-hydrogen) atoms. The van der Waals surface area contributed by atoms with E-state index in [1.165, 1.54) is 95.7 Å². The van der Waals surface area contributed by atoms with E-state index in [0.717, 1.165) is 17.6 Å². The molecule has 4 heteroatoms. The molecular weight excluding hydrogens is 332 g/mol. The van der Waals surface area contributed by atoms with E-state index in [2.05, 4.69) is 52.4 Å². The maximum absolute atomic E-state index is 4.30. The lowest BCUT2D eigenvalue weighted by Gasteiger charge is -2.22. The largest absolute Gasteiger partial charge is 0.299 e. The summed E-state index contributed by atoms with van der Waals surface area (Å²) in [5.74, 6) is 0. The van der Waals surface area contributed by atoms with Crippen LogP contribution < -0.4 is 0 Å². The van der Waals surface area contributed by atoms with Gasteiger partial charge in [0.25, 0.3) is 0 Å². The molecule has 0 aliphatic heterocycles. The van der Waals surface area contributed by atoms with Crippen molar-refractivity contribution in [1.29, 1.82) is 0 Å². The molecular formula is C23H40N4. The van der Waals surface area contributed by atoms with E-state index in [9.17, 15) is 0 Å². The van der Waals surface area contributed by atoms with Gasteiger partial charge in [-0.15, -0.1) is 5.10 Å². The number of unbranched alkanes of at least 4 members (excludes halogenated alkanes) is 10. The van der Waals surface area contributed by atoms with Gasteiger partial charge in [-0.25, -0.2) is 0 Å². The molecule has 0 spiro atoms. The molecule has 1 heterocycles. The van der Waals surface area contributed by atoms with Gasteiger partial charge >= 0.3 is 0 Å². The van der Waals surface area contributed by atoms with Crippen molar-refractivity contribution in [3.05, 3.63) is 23.8 Å². The van der Waals surface area contributed by atoms with Crippen LogP contribution in [0.25, 0.3) is 11.0 Å². The number of fused-ring (bicyclic) bond motifs is 1. The van der Waals surface area contributed by atoms with E-state index < -0.39 is 0 Å². The number of aromatic nitrogens is 3. The molecule has 4 nitrogen and oxygen atoms in total. The van der Waals surface area contributed by atoms with E-state index in [-0.39, 0.29) is 0 Å². The van der Waals surface area contributed by atoms with Gasteiger partial charge in [0.2, 0.25) is 0 Å². The van der Waals surface area contributed by atoms with Gasteiger partial charge in [-0.1, -0.05) is 95.4 Å². The highest BCUT2D eigenvalue weighted by Crippen LogP contribution is 2.17. The average Bonchev–Trinajstić information content (AvgIpc) is 3.16. The summed E-state index contributed by atoms with van der Waals surface area (Å²) in [5.41, 5.74) is 3.39. The molecule has 0 radical (unpaired) electrons. The monoisotopic (exact) mass is 372 g/mol. The van der Waals surface area contributed by atoms with Crippen molar-refractivity contribution in [3.8, 4) is 0 Å². The summed E-state index contributed by atoms with van der Waals surface area (Å²) in [5, 5.41) is 11.3. The van der Waals surface area contributed by atoms with Crippen LogP contribution in [0.15, 0.2) is 18.2 Å². The van der Waals surface area contributed by atoms with Gasteiger partial charge in [0.05, 0.1) is 5.52 Å². The minimum absolute atomic E-state index is 0.994. The molecule has 0 bridgehead atoms. The maximum Gasteiger partial charge on any atom is 0.117 e. The summed E-state index contributed by atoms with van der Waals surface area (Å²) in [4.78, 5) is 2.64. The quantitative estimate of drug-likeness (QED) is 0.343. The smallest absolute Gasteiger partial charge is 0.117 e. The fourth-order valence-corrected chi connectivity index (χ4v) is 3.80. The molecule has 1 aromatic heterocycles. The molecule has 0 aliphatic rings. The third kappa shape index (κ3) is 8.42. The Balaban J connectivity index is 1.81. The molecule has 2 rings (SSSR count). The van der Waals surface area contributed by atoms with Crippen LogP contribution in [0.4, 0.5) is 0 Å². The van der Waals surface area contributed by atoms with Crippen LogP contribution in [0.2, 0.25) is 0 Å². The zero-order valence-electron chi connectivity index (χ0n) is 17.7. The molecule has 0 saturated heterocycles. The number of nitrogens with zero attached hydrogens (tertiary/aromatic N) is 3. The summed E-state index contributed by atoms with van der Waals surface area (Å²) >= 11 is 0. The second-order valence-electron chi connectivity index (χ2n) is 7.94. The number of rotatable bonds is 16. The predicted octanol–water partition coefficient (Wildman–Crippen LogP) is 6.48. The lowest BCUT2D eigenvalue weighted by Crippen LogP contribution is -2.26. The molecule has 152 valence electrons. The predicted molar refractivity (Wildman–Crippen MR) is 116 cm³/mol. The topological polar surface area (TPSA) is 44.8 Å². The molecule has 0 aliphatic carbocycles. The summed E-state index contributed by atoms with van der Waals surface area (Å²) in [6, 6.07) is 6.39. The number of benzene rings is 1. The summed E-state index contributed by atoms with van der Waals surface area (Å²) < 4.78 is 0. The molecule has 0 amide bonds. The Kier molecular flexibility index (Phi) is 11.1. The van der Waals surface area contributed by atoms with Crippen LogP contribution in [-0.2, 0) is 6.54 Å². The van der Waals surface area contributed by atoms with Crippen molar-refractivity contribution >= 4 is 11.0 Å². The van der Waals surface area contributed by atoms with Gasteiger partial charge in [-0.2, -0.15) is 0 Å². The second-order valence-corrected chi connectivity index (χ2v) is 7.94. The van der Waals surface area contributed by atoms with Crippen LogP contribution in [0, 0.1) is 0 Å². The molecule has 0 saturated carbocycles. The lowest BCUT2D eigenvalue weighted by molar-refractivity contribution is 0.253. The minimum atomic E-state index is 0.994. The molecule has 0 atom stereocenters. The molecule has 2 aromatic rings. The highest BCUT2D eigenvalue weighted by Gasteiger charge is 2.10. The third-order valence-corrected chi connectivity index (χ3v) is 5.49. The first kappa shape index (κ1) is 21.9. The molecule has 0 fully saturated rings. The van der Waals surface area contributed by atoms with E-state index in [4.69, 9.17) is 0 Å².